The number of halogens is 2. The molecule has 1 aliphatic heterocycles. The van der Waals surface area contributed by atoms with Gasteiger partial charge in [-0.3, -0.25) is 9.59 Å². The van der Waals surface area contributed by atoms with E-state index in [4.69, 9.17) is 0 Å². The molecule has 74 valence electrons. The number of hydrogen-bond acceptors (Lipinski definition) is 2. The van der Waals surface area contributed by atoms with Gasteiger partial charge in [0, 0.05) is 13.6 Å². The van der Waals surface area contributed by atoms with Crippen LogP contribution in [0.5, 0.6) is 0 Å². The van der Waals surface area contributed by atoms with E-state index in [0.717, 1.165) is 4.90 Å². The van der Waals surface area contributed by atoms with Crippen molar-refractivity contribution in [2.75, 3.05) is 13.6 Å². The molecule has 0 aromatic rings. The van der Waals surface area contributed by atoms with E-state index in [1.807, 2.05) is 0 Å². The molecule has 1 fully saturated rings. The maximum atomic E-state index is 11.9. The van der Waals surface area contributed by atoms with Crippen molar-refractivity contribution in [2.24, 2.45) is 0 Å². The lowest BCUT2D eigenvalue weighted by atomic mass is 10.2. The van der Waals surface area contributed by atoms with Crippen LogP contribution < -0.4 is 5.32 Å². The van der Waals surface area contributed by atoms with Gasteiger partial charge in [0.25, 0.3) is 5.91 Å². The van der Waals surface area contributed by atoms with Crippen LogP contribution in [-0.2, 0) is 9.59 Å². The van der Waals surface area contributed by atoms with E-state index < -0.39 is 18.4 Å². The normalized spacial score (nSPS) is 21.8. The molecule has 1 aliphatic rings. The monoisotopic (exact) mass is 192 g/mol. The number of amides is 2. The summed E-state index contributed by atoms with van der Waals surface area (Å²) in [7, 11) is 1.21. The molecule has 1 heterocycles. The largest absolute Gasteiger partial charge is 0.354 e. The Balaban J connectivity index is 2.61. The Bertz CT molecular complexity index is 233. The summed E-state index contributed by atoms with van der Waals surface area (Å²) in [6, 6.07) is -0.735. The first-order valence-electron chi connectivity index (χ1n) is 3.86. The quantitative estimate of drug-likeness (QED) is 0.647. The summed E-state index contributed by atoms with van der Waals surface area (Å²) in [6.07, 6.45) is -2.65. The molecule has 2 amide bonds. The molecule has 0 aromatic carbocycles. The van der Waals surface area contributed by atoms with Crippen molar-refractivity contribution in [2.45, 2.75) is 18.9 Å². The highest BCUT2D eigenvalue weighted by Crippen LogP contribution is 2.10. The average molecular weight is 192 g/mol. The summed E-state index contributed by atoms with van der Waals surface area (Å²) in [5.74, 6) is -1.67. The molecule has 1 unspecified atom stereocenters. The van der Waals surface area contributed by atoms with Crippen molar-refractivity contribution in [1.29, 1.82) is 0 Å². The molecule has 1 saturated heterocycles. The number of nitrogens with one attached hydrogen (secondary N) is 1. The zero-order valence-electron chi connectivity index (χ0n) is 7.09. The van der Waals surface area contributed by atoms with Crippen LogP contribution in [0, 0.1) is 0 Å². The molecule has 4 nitrogen and oxygen atoms in total. The van der Waals surface area contributed by atoms with Crippen molar-refractivity contribution in [3.63, 3.8) is 0 Å². The van der Waals surface area contributed by atoms with Crippen molar-refractivity contribution < 1.29 is 18.4 Å². The van der Waals surface area contributed by atoms with Gasteiger partial charge >= 0.3 is 6.43 Å². The fourth-order valence-electron chi connectivity index (χ4n) is 1.26. The van der Waals surface area contributed by atoms with E-state index in [1.54, 1.807) is 0 Å². The fourth-order valence-corrected chi connectivity index (χ4v) is 1.26. The second-order valence-electron chi connectivity index (χ2n) is 2.85. The second kappa shape index (κ2) is 3.68. The summed E-state index contributed by atoms with van der Waals surface area (Å²) in [4.78, 5) is 22.6. The third-order valence-electron chi connectivity index (χ3n) is 2.02. The van der Waals surface area contributed by atoms with Gasteiger partial charge in [0.2, 0.25) is 5.91 Å². The summed E-state index contributed by atoms with van der Waals surface area (Å²) in [5, 5.41) is 2.47. The van der Waals surface area contributed by atoms with Crippen molar-refractivity contribution >= 4 is 11.8 Å². The van der Waals surface area contributed by atoms with Crippen LogP contribution in [-0.4, -0.2) is 42.8 Å². The van der Waals surface area contributed by atoms with Gasteiger partial charge in [-0.05, 0) is 6.42 Å². The lowest BCUT2D eigenvalue weighted by Crippen LogP contribution is -2.44. The minimum Gasteiger partial charge on any atom is -0.354 e. The predicted molar refractivity (Wildman–Crippen MR) is 40.2 cm³/mol. The predicted octanol–water partition coefficient (Wildman–Crippen LogP) is -0.402. The van der Waals surface area contributed by atoms with Crippen LogP contribution in [0.15, 0.2) is 0 Å². The average Bonchev–Trinajstić information content (AvgIpc) is 2.48. The lowest BCUT2D eigenvalue weighted by Gasteiger charge is -2.21. The van der Waals surface area contributed by atoms with Crippen LogP contribution in [0.25, 0.3) is 0 Å². The highest BCUT2D eigenvalue weighted by atomic mass is 19.3. The van der Waals surface area contributed by atoms with E-state index in [2.05, 4.69) is 5.32 Å². The third-order valence-corrected chi connectivity index (χ3v) is 2.02. The molecular formula is C7H10F2N2O2. The maximum Gasteiger partial charge on any atom is 0.315 e. The second-order valence-corrected chi connectivity index (χ2v) is 2.85. The topological polar surface area (TPSA) is 49.4 Å². The zero-order valence-corrected chi connectivity index (χ0v) is 7.09. The maximum absolute atomic E-state index is 11.9. The van der Waals surface area contributed by atoms with E-state index in [-0.39, 0.29) is 5.91 Å². The highest BCUT2D eigenvalue weighted by molar-refractivity contribution is 5.89. The minimum absolute atomic E-state index is 0.364. The van der Waals surface area contributed by atoms with Gasteiger partial charge in [0.05, 0.1) is 0 Å². The number of carbonyl (C=O) groups is 2. The summed E-state index contributed by atoms with van der Waals surface area (Å²) in [5.41, 5.74) is 0. The van der Waals surface area contributed by atoms with Gasteiger partial charge in [0.1, 0.15) is 6.04 Å². The molecule has 0 saturated carbocycles. The molecular weight excluding hydrogens is 182 g/mol. The molecule has 6 heteroatoms. The first-order chi connectivity index (χ1) is 6.04. The molecule has 0 spiro atoms. The molecule has 0 bridgehead atoms. The Kier molecular flexibility index (Phi) is 2.79. The number of rotatable bonds is 2. The first-order valence-corrected chi connectivity index (χ1v) is 3.86. The molecule has 1 N–H and O–H groups in total. The van der Waals surface area contributed by atoms with Gasteiger partial charge < -0.3 is 10.2 Å². The Morgan fingerprint density at radius 3 is 2.69 bits per heavy atom. The van der Waals surface area contributed by atoms with Gasteiger partial charge in [0.15, 0.2) is 0 Å². The SMILES string of the molecule is CN(C(=O)C(F)F)C1CCNC1=O. The van der Waals surface area contributed by atoms with Crippen LogP contribution in [0.1, 0.15) is 6.42 Å². The highest BCUT2D eigenvalue weighted by Gasteiger charge is 2.33. The molecule has 13 heavy (non-hydrogen) atoms. The van der Waals surface area contributed by atoms with Crippen molar-refractivity contribution in [1.82, 2.24) is 10.2 Å². The number of nitrogens with zero attached hydrogens (tertiary/aromatic N) is 1. The summed E-state index contributed by atoms with van der Waals surface area (Å²) < 4.78 is 23.9. The summed E-state index contributed by atoms with van der Waals surface area (Å²) >= 11 is 0. The Labute approximate surface area is 73.9 Å². The van der Waals surface area contributed by atoms with E-state index >= 15 is 0 Å². The van der Waals surface area contributed by atoms with Crippen molar-refractivity contribution in [3.8, 4) is 0 Å². The fraction of sp³-hybridized carbons (Fsp3) is 0.714. The number of carbonyl (C=O) groups excluding carboxylic acids is 2. The van der Waals surface area contributed by atoms with Crippen molar-refractivity contribution in [3.05, 3.63) is 0 Å². The van der Waals surface area contributed by atoms with Crippen LogP contribution in [0.4, 0.5) is 8.78 Å². The number of hydrogen-bond donors (Lipinski definition) is 1. The Morgan fingerprint density at radius 1 is 1.69 bits per heavy atom. The van der Waals surface area contributed by atoms with Crippen LogP contribution >= 0.6 is 0 Å². The molecule has 1 atom stereocenters. The summed E-state index contributed by atoms with van der Waals surface area (Å²) in [6.45, 7) is 0.435. The molecule has 0 aliphatic carbocycles. The Morgan fingerprint density at radius 2 is 2.31 bits per heavy atom. The van der Waals surface area contributed by atoms with E-state index in [1.165, 1.54) is 7.05 Å². The molecule has 0 aromatic heterocycles. The van der Waals surface area contributed by atoms with Crippen LogP contribution in [0.2, 0.25) is 0 Å². The molecule has 1 rings (SSSR count). The zero-order chi connectivity index (χ0) is 10.0. The lowest BCUT2D eigenvalue weighted by molar-refractivity contribution is -0.146. The number of alkyl halides is 2. The smallest absolute Gasteiger partial charge is 0.315 e. The minimum atomic E-state index is -3.04. The van der Waals surface area contributed by atoms with Gasteiger partial charge in [-0.2, -0.15) is 8.78 Å². The van der Waals surface area contributed by atoms with Crippen LogP contribution in [0.3, 0.4) is 0 Å². The standard InChI is InChI=1S/C7H10F2N2O2/c1-11(7(13)5(8)9)4-2-3-10-6(4)12/h4-5H,2-3H2,1H3,(H,10,12). The van der Waals surface area contributed by atoms with E-state index in [0.29, 0.717) is 13.0 Å². The van der Waals surface area contributed by atoms with E-state index in [9.17, 15) is 18.4 Å². The third kappa shape index (κ3) is 1.93. The Hall–Kier alpha value is -1.20. The van der Waals surface area contributed by atoms with Gasteiger partial charge in [-0.25, -0.2) is 0 Å². The first kappa shape index (κ1) is 9.88. The molecule has 0 radical (unpaired) electrons. The van der Waals surface area contributed by atoms with Gasteiger partial charge in [-0.15, -0.1) is 0 Å². The van der Waals surface area contributed by atoms with Gasteiger partial charge in [-0.1, -0.05) is 0 Å². The number of likely N-dealkylation sites (N-methyl/N-ethyl adjacent to an activating group) is 1.